The van der Waals surface area contributed by atoms with Crippen molar-refractivity contribution in [2.45, 2.75) is 45.8 Å². The topological polar surface area (TPSA) is 28.6 Å². The number of nitrogens with zero attached hydrogens (tertiary/aromatic N) is 3. The molecule has 0 spiro atoms. The first-order valence-corrected chi connectivity index (χ1v) is 12.7. The highest BCUT2D eigenvalue weighted by molar-refractivity contribution is 6.31. The van der Waals surface area contributed by atoms with Gasteiger partial charge >= 0.3 is 0 Å². The normalized spacial score (nSPS) is 15.6. The van der Waals surface area contributed by atoms with E-state index in [2.05, 4.69) is 90.8 Å². The van der Waals surface area contributed by atoms with Crippen molar-refractivity contribution < 1.29 is 4.74 Å². The van der Waals surface area contributed by atoms with Gasteiger partial charge in [-0.05, 0) is 67.8 Å². The van der Waals surface area contributed by atoms with Gasteiger partial charge in [0.05, 0.1) is 12.8 Å². The summed E-state index contributed by atoms with van der Waals surface area (Å²) in [7, 11) is 2.14. The molecule has 0 amide bonds. The summed E-state index contributed by atoms with van der Waals surface area (Å²) in [4.78, 5) is 9.31. The maximum atomic E-state index is 6.56. The van der Waals surface area contributed by atoms with Crippen LogP contribution >= 0.6 is 11.6 Å². The standard InChI is InChI=1S/C30H36ClN3O/c1-6-35-30(21-33(5)27-11-7-22(2)8-12-27)13-15-34(16-14-30)20-26-18-29(31)23(3)17-28(26)25-10-9-24(4)32-19-25/h6-12,17-19H,1,13-16,20-21H2,2-5H3. The number of likely N-dealkylation sites (N-methyl/N-ethyl adjacent to an activating group) is 1. The lowest BCUT2D eigenvalue weighted by Crippen LogP contribution is -2.51. The van der Waals surface area contributed by atoms with Crippen LogP contribution in [0.2, 0.25) is 5.02 Å². The molecule has 1 aliphatic heterocycles. The lowest BCUT2D eigenvalue weighted by atomic mass is 9.89. The molecule has 3 aromatic rings. The second kappa shape index (κ2) is 10.8. The van der Waals surface area contributed by atoms with Gasteiger partial charge in [0, 0.05) is 67.7 Å². The second-order valence-corrected chi connectivity index (χ2v) is 10.3. The smallest absolute Gasteiger partial charge is 0.128 e. The first-order chi connectivity index (χ1) is 16.8. The lowest BCUT2D eigenvalue weighted by Gasteiger charge is -2.43. The fourth-order valence-electron chi connectivity index (χ4n) is 4.92. The van der Waals surface area contributed by atoms with Gasteiger partial charge in [-0.3, -0.25) is 9.88 Å². The summed E-state index contributed by atoms with van der Waals surface area (Å²) in [6.07, 6.45) is 5.45. The molecule has 0 saturated carbocycles. The minimum atomic E-state index is -0.244. The summed E-state index contributed by atoms with van der Waals surface area (Å²) < 4.78 is 6.19. The fourth-order valence-corrected chi connectivity index (χ4v) is 5.11. The predicted octanol–water partition coefficient (Wildman–Crippen LogP) is 6.96. The Kier molecular flexibility index (Phi) is 7.83. The van der Waals surface area contributed by atoms with Gasteiger partial charge in [0.2, 0.25) is 0 Å². The Morgan fingerprint density at radius 3 is 2.43 bits per heavy atom. The van der Waals surface area contributed by atoms with Gasteiger partial charge in [0.25, 0.3) is 0 Å². The Morgan fingerprint density at radius 1 is 1.09 bits per heavy atom. The number of aryl methyl sites for hydroxylation is 3. The predicted molar refractivity (Wildman–Crippen MR) is 147 cm³/mol. The number of benzene rings is 2. The first kappa shape index (κ1) is 25.3. The Labute approximate surface area is 215 Å². The minimum absolute atomic E-state index is 0.244. The molecular formula is C30H36ClN3O. The zero-order chi connectivity index (χ0) is 25.0. The van der Waals surface area contributed by atoms with Gasteiger partial charge in [-0.2, -0.15) is 0 Å². The van der Waals surface area contributed by atoms with E-state index in [-0.39, 0.29) is 5.60 Å². The highest BCUT2D eigenvalue weighted by atomic mass is 35.5. The molecule has 1 fully saturated rings. The molecule has 0 unspecified atom stereocenters. The molecule has 184 valence electrons. The molecule has 0 aliphatic carbocycles. The summed E-state index contributed by atoms with van der Waals surface area (Å²) in [6, 6.07) is 17.2. The van der Waals surface area contributed by atoms with Crippen LogP contribution < -0.4 is 4.90 Å². The van der Waals surface area contributed by atoms with E-state index < -0.39 is 0 Å². The lowest BCUT2D eigenvalue weighted by molar-refractivity contribution is -0.0276. The zero-order valence-corrected chi connectivity index (χ0v) is 22.1. The number of hydrogen-bond donors (Lipinski definition) is 0. The number of anilines is 1. The SMILES string of the molecule is C=COC1(CN(C)c2ccc(C)cc2)CCN(Cc2cc(Cl)c(C)cc2-c2ccc(C)nc2)CC1. The average Bonchev–Trinajstić information content (AvgIpc) is 2.84. The van der Waals surface area contributed by atoms with E-state index >= 15 is 0 Å². The maximum Gasteiger partial charge on any atom is 0.128 e. The number of hydrogen-bond acceptors (Lipinski definition) is 4. The fraction of sp³-hybridized carbons (Fsp3) is 0.367. The molecule has 4 rings (SSSR count). The first-order valence-electron chi connectivity index (χ1n) is 12.3. The van der Waals surface area contributed by atoms with Crippen LogP contribution in [0.4, 0.5) is 5.69 Å². The average molecular weight is 490 g/mol. The molecule has 2 heterocycles. The molecule has 0 N–H and O–H groups in total. The largest absolute Gasteiger partial charge is 0.494 e. The Bertz CT molecular complexity index is 1150. The van der Waals surface area contributed by atoms with Gasteiger partial charge in [0.15, 0.2) is 0 Å². The van der Waals surface area contributed by atoms with Crippen LogP contribution in [-0.2, 0) is 11.3 Å². The number of likely N-dealkylation sites (tertiary alicyclic amines) is 1. The molecule has 5 heteroatoms. The van der Waals surface area contributed by atoms with E-state index in [4.69, 9.17) is 16.3 Å². The van der Waals surface area contributed by atoms with Crippen LogP contribution in [0.25, 0.3) is 11.1 Å². The summed E-state index contributed by atoms with van der Waals surface area (Å²) >= 11 is 6.56. The van der Waals surface area contributed by atoms with Crippen molar-refractivity contribution >= 4 is 17.3 Å². The Hall–Kier alpha value is -2.82. The third-order valence-corrected chi connectivity index (χ3v) is 7.51. The van der Waals surface area contributed by atoms with Crippen molar-refractivity contribution in [3.63, 3.8) is 0 Å². The minimum Gasteiger partial charge on any atom is -0.494 e. The van der Waals surface area contributed by atoms with Crippen molar-refractivity contribution in [3.8, 4) is 11.1 Å². The van der Waals surface area contributed by atoms with Gasteiger partial charge in [-0.25, -0.2) is 0 Å². The van der Waals surface area contributed by atoms with Gasteiger partial charge in [-0.1, -0.05) is 41.9 Å². The van der Waals surface area contributed by atoms with E-state index in [9.17, 15) is 0 Å². The second-order valence-electron chi connectivity index (χ2n) is 9.88. The van der Waals surface area contributed by atoms with Crippen molar-refractivity contribution in [2.24, 2.45) is 0 Å². The van der Waals surface area contributed by atoms with Crippen molar-refractivity contribution in [3.05, 3.63) is 95.0 Å². The van der Waals surface area contributed by atoms with Crippen molar-refractivity contribution in [2.75, 3.05) is 31.6 Å². The number of aromatic nitrogens is 1. The van der Waals surface area contributed by atoms with Crippen LogP contribution in [0, 0.1) is 20.8 Å². The van der Waals surface area contributed by atoms with Gasteiger partial charge in [-0.15, -0.1) is 0 Å². The van der Waals surface area contributed by atoms with Gasteiger partial charge in [0.1, 0.15) is 5.60 Å². The summed E-state index contributed by atoms with van der Waals surface area (Å²) in [6.45, 7) is 13.6. The summed E-state index contributed by atoms with van der Waals surface area (Å²) in [5, 5.41) is 0.810. The number of ether oxygens (including phenoxy) is 1. The molecule has 35 heavy (non-hydrogen) atoms. The van der Waals surface area contributed by atoms with Crippen molar-refractivity contribution in [1.29, 1.82) is 0 Å². The van der Waals surface area contributed by atoms with Crippen LogP contribution in [-0.4, -0.2) is 42.2 Å². The number of pyridine rings is 1. The van der Waals surface area contributed by atoms with Crippen LogP contribution in [0.15, 0.2) is 67.6 Å². The zero-order valence-electron chi connectivity index (χ0n) is 21.4. The molecule has 4 nitrogen and oxygen atoms in total. The summed E-state index contributed by atoms with van der Waals surface area (Å²) in [5.74, 6) is 0. The van der Waals surface area contributed by atoms with E-state index in [1.54, 1.807) is 6.26 Å². The highest BCUT2D eigenvalue weighted by Gasteiger charge is 2.37. The molecule has 1 aromatic heterocycles. The molecule has 1 saturated heterocycles. The monoisotopic (exact) mass is 489 g/mol. The third-order valence-electron chi connectivity index (χ3n) is 7.10. The van der Waals surface area contributed by atoms with Crippen LogP contribution in [0.3, 0.4) is 0 Å². The Morgan fingerprint density at radius 2 is 1.80 bits per heavy atom. The quantitative estimate of drug-likeness (QED) is 0.320. The number of rotatable bonds is 8. The molecule has 1 aliphatic rings. The van der Waals surface area contributed by atoms with E-state index in [0.717, 1.165) is 60.9 Å². The van der Waals surface area contributed by atoms with E-state index in [0.29, 0.717) is 0 Å². The molecule has 0 radical (unpaired) electrons. The molecule has 0 atom stereocenters. The number of halogens is 1. The molecule has 0 bridgehead atoms. The molecular weight excluding hydrogens is 454 g/mol. The van der Waals surface area contributed by atoms with Crippen molar-refractivity contribution in [1.82, 2.24) is 9.88 Å². The summed E-state index contributed by atoms with van der Waals surface area (Å²) in [5.41, 5.74) is 7.91. The Balaban J connectivity index is 1.48. The van der Waals surface area contributed by atoms with E-state index in [1.165, 1.54) is 22.4 Å². The molecule has 2 aromatic carbocycles. The maximum absolute atomic E-state index is 6.56. The van der Waals surface area contributed by atoms with Crippen LogP contribution in [0.5, 0.6) is 0 Å². The number of piperidine rings is 1. The van der Waals surface area contributed by atoms with Crippen LogP contribution in [0.1, 0.15) is 35.2 Å². The highest BCUT2D eigenvalue weighted by Crippen LogP contribution is 2.33. The third kappa shape index (κ3) is 6.06. The van der Waals surface area contributed by atoms with Gasteiger partial charge < -0.3 is 9.64 Å². The van der Waals surface area contributed by atoms with E-state index in [1.807, 2.05) is 13.1 Å².